The number of benzene rings is 1. The third-order valence-corrected chi connectivity index (χ3v) is 24.4. The van der Waals surface area contributed by atoms with Crippen molar-refractivity contribution in [2.45, 2.75) is 159 Å². The molecule has 2 aromatic rings. The smallest absolute Gasteiger partial charge is 0.226 e. The number of aryl methyl sites for hydroxylation is 3. The molecule has 15 aliphatic rings. The second-order valence-electron chi connectivity index (χ2n) is 26.5. The van der Waals surface area contributed by atoms with Gasteiger partial charge in [0.25, 0.3) is 0 Å². The van der Waals surface area contributed by atoms with E-state index in [0.717, 1.165) is 59.6 Å². The molecule has 66 heavy (non-hydrogen) atoms. The maximum Gasteiger partial charge on any atom is 0.226 e. The van der Waals surface area contributed by atoms with Crippen LogP contribution in [-0.2, 0) is 11.8 Å². The van der Waals surface area contributed by atoms with Crippen molar-refractivity contribution in [2.75, 3.05) is 50.7 Å². The van der Waals surface area contributed by atoms with Crippen LogP contribution in [0.15, 0.2) is 65.3 Å². The Hall–Kier alpha value is -3.06. The van der Waals surface area contributed by atoms with E-state index < -0.39 is 0 Å². The average Bonchev–Trinajstić information content (AvgIpc) is 4.15. The van der Waals surface area contributed by atoms with E-state index in [-0.39, 0.29) is 0 Å². The van der Waals surface area contributed by atoms with Gasteiger partial charge >= 0.3 is 0 Å². The Kier molecular flexibility index (Phi) is 7.42. The molecule has 7 saturated carbocycles. The summed E-state index contributed by atoms with van der Waals surface area (Å²) in [6.07, 6.45) is 34.3. The van der Waals surface area contributed by atoms with E-state index in [1.807, 2.05) is 11.1 Å². The molecule has 11 fully saturated rings. The maximum atomic E-state index is 5.60. The van der Waals surface area contributed by atoms with E-state index >= 15 is 0 Å². The van der Waals surface area contributed by atoms with Gasteiger partial charge in [0.1, 0.15) is 0 Å². The van der Waals surface area contributed by atoms with Crippen molar-refractivity contribution >= 4 is 5.95 Å². The number of nitrogens with zero attached hydrogens (tertiary/aromatic N) is 6. The molecule has 6 nitrogen and oxygen atoms in total. The SMILES string of the molecule is Cc1ccc2c(c1)C13C4C5CCC1(C[C@@H]4CN5CC1=CC=CCC1)C1N(CC4CC4c4c(C)nc(N5C[C@H]6CC78CCC5C6C75CCN(CC6CC6)C8CC6=C5CCC=C6)nc4C)C[C@]13C2. The van der Waals surface area contributed by atoms with Gasteiger partial charge in [-0.15, -0.1) is 0 Å². The molecule has 1 aromatic heterocycles. The number of aromatic nitrogens is 2. The predicted octanol–water partition coefficient (Wildman–Crippen LogP) is 10.2. The zero-order valence-electron chi connectivity index (χ0n) is 40.4. The van der Waals surface area contributed by atoms with Gasteiger partial charge in [-0.25, -0.2) is 9.97 Å². The molecule has 2 spiro atoms. The highest BCUT2D eigenvalue weighted by Crippen LogP contribution is 2.90. The number of hydrogen-bond donors (Lipinski definition) is 0. The number of piperidine rings is 2. The molecule has 4 saturated heterocycles. The summed E-state index contributed by atoms with van der Waals surface area (Å²) in [7, 11) is 0. The Morgan fingerprint density at radius 2 is 1.62 bits per heavy atom. The normalized spacial score (nSPS) is 48.0. The topological polar surface area (TPSA) is 38.7 Å². The Morgan fingerprint density at radius 1 is 0.788 bits per heavy atom. The van der Waals surface area contributed by atoms with E-state index in [2.05, 4.69) is 89.0 Å². The number of allylic oxidation sites excluding steroid dienone is 6. The fraction of sp³-hybridized carbons (Fsp3) is 0.700. The minimum Gasteiger partial charge on any atom is -0.337 e. The Balaban J connectivity index is 0.637. The first-order valence-corrected chi connectivity index (χ1v) is 27.9. The molecule has 6 bridgehead atoms. The number of rotatable bonds is 8. The molecule has 12 unspecified atom stereocenters. The van der Waals surface area contributed by atoms with Gasteiger partial charge < -0.3 is 4.90 Å². The molecule has 6 heteroatoms. The average molecular weight is 879 g/mol. The van der Waals surface area contributed by atoms with Crippen LogP contribution in [0.3, 0.4) is 0 Å². The second-order valence-corrected chi connectivity index (χ2v) is 26.5. The number of likely N-dealkylation sites (tertiary alicyclic amines) is 3. The van der Waals surface area contributed by atoms with Crippen LogP contribution >= 0.6 is 0 Å². The standard InChI is InChI=1S/C60H74N6/c1-35-13-16-41-26-58-34-65(54(58)57-20-17-48-53(60(57,58)47(41)23-35)43(28-57)32-64(48)30-38-9-5-4-6-10-38)31-42-24-45(42)51-36(2)61-55(62-37(51)3)66-33-44-27-56-19-18-49(66)52(44)59(56)21-22-63(29-39-14-15-39)50(56)25-40-11-7-8-12-46(40)59/h4-5,7,9,11,13,16,23,39,42-45,48-50,52-54H,6,8,10,12,14-15,17-22,24-34H2,1-3H3/t42?,43-,44-,45?,48?,49?,50?,52?,53?,54?,56?,57?,58-,59?,60?/m1/s1. The molecule has 15 atom stereocenters. The lowest BCUT2D eigenvalue weighted by Crippen LogP contribution is -2.91. The lowest BCUT2D eigenvalue weighted by atomic mass is 9.27. The molecule has 4 aliphatic heterocycles. The van der Waals surface area contributed by atoms with Gasteiger partial charge in [0, 0.05) is 91.1 Å². The fourth-order valence-corrected chi connectivity index (χ4v) is 23.1. The van der Waals surface area contributed by atoms with Crippen LogP contribution < -0.4 is 4.90 Å². The number of fused-ring (bicyclic) bond motifs is 1. The summed E-state index contributed by atoms with van der Waals surface area (Å²) in [6.45, 7) is 16.2. The summed E-state index contributed by atoms with van der Waals surface area (Å²) >= 11 is 0. The van der Waals surface area contributed by atoms with Gasteiger partial charge in [-0.2, -0.15) is 0 Å². The molecule has 344 valence electrons. The lowest BCUT2D eigenvalue weighted by molar-refractivity contribution is -0.323. The van der Waals surface area contributed by atoms with E-state index in [0.29, 0.717) is 39.0 Å². The first-order chi connectivity index (χ1) is 32.3. The molecule has 0 radical (unpaired) electrons. The molecule has 1 aromatic carbocycles. The molecule has 11 aliphatic carbocycles. The van der Waals surface area contributed by atoms with Crippen molar-refractivity contribution in [3.8, 4) is 0 Å². The summed E-state index contributed by atoms with van der Waals surface area (Å²) in [5.41, 5.74) is 16.9. The van der Waals surface area contributed by atoms with Crippen molar-refractivity contribution in [1.82, 2.24) is 24.7 Å². The largest absolute Gasteiger partial charge is 0.337 e. The first-order valence-electron chi connectivity index (χ1n) is 27.9. The van der Waals surface area contributed by atoms with Gasteiger partial charge in [0.05, 0.1) is 0 Å². The molecule has 5 heterocycles. The Morgan fingerprint density at radius 3 is 2.48 bits per heavy atom. The number of hydrogen-bond acceptors (Lipinski definition) is 6. The van der Waals surface area contributed by atoms with Crippen molar-refractivity contribution < 1.29 is 0 Å². The van der Waals surface area contributed by atoms with Gasteiger partial charge in [-0.1, -0.05) is 65.3 Å². The first kappa shape index (κ1) is 38.8. The third-order valence-electron chi connectivity index (χ3n) is 24.4. The van der Waals surface area contributed by atoms with E-state index in [9.17, 15) is 0 Å². The molecule has 17 rings (SSSR count). The van der Waals surface area contributed by atoms with Crippen molar-refractivity contribution in [2.24, 2.45) is 57.2 Å². The van der Waals surface area contributed by atoms with Crippen molar-refractivity contribution in [3.63, 3.8) is 0 Å². The summed E-state index contributed by atoms with van der Waals surface area (Å²) in [5, 5.41) is 0. The zero-order chi connectivity index (χ0) is 43.3. The van der Waals surface area contributed by atoms with Crippen LogP contribution in [0.25, 0.3) is 0 Å². The van der Waals surface area contributed by atoms with E-state index in [4.69, 9.17) is 9.97 Å². The van der Waals surface area contributed by atoms with E-state index in [1.54, 1.807) is 16.7 Å². The van der Waals surface area contributed by atoms with Crippen molar-refractivity contribution in [3.05, 3.63) is 98.9 Å². The lowest BCUT2D eigenvalue weighted by Gasteiger charge is -2.84. The second kappa shape index (κ2) is 12.6. The Labute approximate surface area is 394 Å². The minimum absolute atomic E-state index is 0.414. The highest BCUT2D eigenvalue weighted by molar-refractivity contribution is 5.61. The summed E-state index contributed by atoms with van der Waals surface area (Å²) in [6, 6.07) is 10.7. The van der Waals surface area contributed by atoms with Gasteiger partial charge in [-0.05, 0) is 205 Å². The number of anilines is 1. The van der Waals surface area contributed by atoms with Crippen LogP contribution in [0.2, 0.25) is 0 Å². The van der Waals surface area contributed by atoms with Crippen LogP contribution in [0.1, 0.15) is 136 Å². The molecular formula is C60H74N6. The van der Waals surface area contributed by atoms with Crippen LogP contribution in [-0.4, -0.2) is 94.6 Å². The zero-order valence-corrected chi connectivity index (χ0v) is 40.4. The highest BCUT2D eigenvalue weighted by atomic mass is 15.4. The maximum absolute atomic E-state index is 5.60. The van der Waals surface area contributed by atoms with Crippen LogP contribution in [0.5, 0.6) is 0 Å². The molecular weight excluding hydrogens is 805 g/mol. The van der Waals surface area contributed by atoms with Gasteiger partial charge in [0.2, 0.25) is 5.95 Å². The third kappa shape index (κ3) is 4.33. The summed E-state index contributed by atoms with van der Waals surface area (Å²) in [5.74, 6) is 6.77. The quantitative estimate of drug-likeness (QED) is 0.263. The van der Waals surface area contributed by atoms with Gasteiger partial charge in [-0.3, -0.25) is 14.7 Å². The van der Waals surface area contributed by atoms with E-state index in [1.165, 1.54) is 171 Å². The fourth-order valence-electron chi connectivity index (χ4n) is 23.1. The van der Waals surface area contributed by atoms with Crippen molar-refractivity contribution in [1.29, 1.82) is 0 Å². The predicted molar refractivity (Wildman–Crippen MR) is 261 cm³/mol. The summed E-state index contributed by atoms with van der Waals surface area (Å²) in [4.78, 5) is 23.2. The van der Waals surface area contributed by atoms with Gasteiger partial charge in [0.15, 0.2) is 0 Å². The monoisotopic (exact) mass is 879 g/mol. The minimum atomic E-state index is 0.414. The molecule has 0 amide bonds. The summed E-state index contributed by atoms with van der Waals surface area (Å²) < 4.78 is 0. The Bertz CT molecular complexity index is 2630. The van der Waals surface area contributed by atoms with Crippen LogP contribution in [0, 0.1) is 77.9 Å². The van der Waals surface area contributed by atoms with Crippen LogP contribution in [0.4, 0.5) is 5.95 Å². The molecule has 0 N–H and O–H groups in total. The highest BCUT2D eigenvalue weighted by Gasteiger charge is 2.93.